The first-order chi connectivity index (χ1) is 7.75. The Morgan fingerprint density at radius 1 is 1.19 bits per heavy atom. The van der Waals surface area contributed by atoms with Crippen molar-refractivity contribution in [2.75, 3.05) is 11.9 Å². The van der Waals surface area contributed by atoms with Crippen molar-refractivity contribution in [1.82, 2.24) is 0 Å². The third-order valence-corrected chi connectivity index (χ3v) is 3.17. The van der Waals surface area contributed by atoms with Crippen molar-refractivity contribution in [3.63, 3.8) is 0 Å². The van der Waals surface area contributed by atoms with Crippen molar-refractivity contribution in [2.45, 2.75) is 25.7 Å². The zero-order chi connectivity index (χ0) is 11.8. The smallest absolute Gasteiger partial charge is 0.0823 e. The molecule has 0 aromatic heterocycles. The molecule has 0 spiro atoms. The van der Waals surface area contributed by atoms with Gasteiger partial charge in [-0.25, -0.2) is 0 Å². The summed E-state index contributed by atoms with van der Waals surface area (Å²) >= 11 is 12.0. The molecular weight excluding hydrogens is 241 g/mol. The van der Waals surface area contributed by atoms with E-state index in [1.165, 1.54) is 12.8 Å². The molecule has 1 aromatic rings. The first-order valence-electron chi connectivity index (χ1n) is 5.54. The number of unbranched alkanes of at least 4 members (excludes halogenated alkanes) is 3. The van der Waals surface area contributed by atoms with E-state index in [0.29, 0.717) is 10.0 Å². The second-order valence-corrected chi connectivity index (χ2v) is 4.45. The van der Waals surface area contributed by atoms with Crippen molar-refractivity contribution in [3.05, 3.63) is 40.9 Å². The molecule has 0 saturated carbocycles. The molecule has 0 radical (unpaired) electrons. The summed E-state index contributed by atoms with van der Waals surface area (Å²) in [5.74, 6) is 0. The third kappa shape index (κ3) is 4.46. The van der Waals surface area contributed by atoms with Crippen LogP contribution in [0.4, 0.5) is 5.69 Å². The predicted octanol–water partition coefficient (Wildman–Crippen LogP) is 5.15. The Bertz CT molecular complexity index is 337. The molecule has 88 valence electrons. The SMILES string of the molecule is C=CCCCCCNc1cccc(Cl)c1Cl. The summed E-state index contributed by atoms with van der Waals surface area (Å²) in [6.45, 7) is 4.63. The average Bonchev–Trinajstić information content (AvgIpc) is 2.29. The molecule has 0 bridgehead atoms. The quantitative estimate of drug-likeness (QED) is 0.526. The predicted molar refractivity (Wildman–Crippen MR) is 73.6 cm³/mol. The highest BCUT2D eigenvalue weighted by Gasteiger charge is 2.02. The lowest BCUT2D eigenvalue weighted by atomic mass is 10.2. The van der Waals surface area contributed by atoms with Crippen LogP contribution in [0.3, 0.4) is 0 Å². The van der Waals surface area contributed by atoms with E-state index in [0.717, 1.165) is 25.1 Å². The maximum Gasteiger partial charge on any atom is 0.0823 e. The van der Waals surface area contributed by atoms with Gasteiger partial charge in [-0.3, -0.25) is 0 Å². The Morgan fingerprint density at radius 2 is 2.00 bits per heavy atom. The molecule has 0 aliphatic rings. The zero-order valence-corrected chi connectivity index (χ0v) is 10.8. The molecule has 1 N–H and O–H groups in total. The van der Waals surface area contributed by atoms with E-state index in [9.17, 15) is 0 Å². The number of halogens is 2. The molecule has 0 heterocycles. The van der Waals surface area contributed by atoms with Crippen molar-refractivity contribution < 1.29 is 0 Å². The van der Waals surface area contributed by atoms with Gasteiger partial charge in [0.1, 0.15) is 0 Å². The Labute approximate surface area is 107 Å². The summed E-state index contributed by atoms with van der Waals surface area (Å²) < 4.78 is 0. The molecule has 1 rings (SSSR count). The Balaban J connectivity index is 2.26. The van der Waals surface area contributed by atoms with E-state index >= 15 is 0 Å². The largest absolute Gasteiger partial charge is 0.384 e. The molecule has 0 atom stereocenters. The normalized spacial score (nSPS) is 10.1. The van der Waals surface area contributed by atoms with Crippen LogP contribution in [0.25, 0.3) is 0 Å². The molecule has 0 fully saturated rings. The van der Waals surface area contributed by atoms with Gasteiger partial charge in [-0.1, -0.05) is 41.8 Å². The van der Waals surface area contributed by atoms with Gasteiger partial charge in [0.05, 0.1) is 15.7 Å². The van der Waals surface area contributed by atoms with Crippen LogP contribution in [0.1, 0.15) is 25.7 Å². The zero-order valence-electron chi connectivity index (χ0n) is 9.31. The van der Waals surface area contributed by atoms with Crippen molar-refractivity contribution in [2.24, 2.45) is 0 Å². The monoisotopic (exact) mass is 257 g/mol. The highest BCUT2D eigenvalue weighted by atomic mass is 35.5. The first kappa shape index (κ1) is 13.4. The van der Waals surface area contributed by atoms with Crippen molar-refractivity contribution in [3.8, 4) is 0 Å². The molecule has 1 nitrogen and oxygen atoms in total. The lowest BCUT2D eigenvalue weighted by molar-refractivity contribution is 0.709. The van der Waals surface area contributed by atoms with E-state index in [4.69, 9.17) is 23.2 Å². The summed E-state index contributed by atoms with van der Waals surface area (Å²) in [5.41, 5.74) is 0.915. The third-order valence-electron chi connectivity index (χ3n) is 2.35. The van der Waals surface area contributed by atoms with Crippen molar-refractivity contribution >= 4 is 28.9 Å². The van der Waals surface area contributed by atoms with Crippen LogP contribution in [0.15, 0.2) is 30.9 Å². The second-order valence-electron chi connectivity index (χ2n) is 3.67. The lowest BCUT2D eigenvalue weighted by Gasteiger charge is -2.08. The maximum absolute atomic E-state index is 6.05. The van der Waals surface area contributed by atoms with Crippen molar-refractivity contribution in [1.29, 1.82) is 0 Å². The Hall–Kier alpha value is -0.660. The maximum atomic E-state index is 6.05. The fourth-order valence-electron chi connectivity index (χ4n) is 1.45. The van der Waals surface area contributed by atoms with Crippen LogP contribution >= 0.6 is 23.2 Å². The summed E-state index contributed by atoms with van der Waals surface area (Å²) in [6.07, 6.45) is 6.60. The van der Waals surface area contributed by atoms with E-state index < -0.39 is 0 Å². The molecule has 16 heavy (non-hydrogen) atoms. The molecule has 0 aliphatic carbocycles. The standard InChI is InChI=1S/C13H17Cl2N/c1-2-3-4-5-6-10-16-12-9-7-8-11(14)13(12)15/h2,7-9,16H,1,3-6,10H2. The number of anilines is 1. The minimum absolute atomic E-state index is 0.596. The van der Waals surface area contributed by atoms with Gasteiger partial charge in [-0.15, -0.1) is 6.58 Å². The van der Waals surface area contributed by atoms with Crippen LogP contribution in [0, 0.1) is 0 Å². The van der Waals surface area contributed by atoms with Gasteiger partial charge in [0.2, 0.25) is 0 Å². The Morgan fingerprint density at radius 3 is 2.75 bits per heavy atom. The fourth-order valence-corrected chi connectivity index (χ4v) is 1.82. The molecular formula is C13H17Cl2N. The summed E-state index contributed by atoms with van der Waals surface area (Å²) in [7, 11) is 0. The molecule has 0 unspecified atom stereocenters. The minimum atomic E-state index is 0.596. The number of nitrogens with one attached hydrogen (secondary N) is 1. The van der Waals surface area contributed by atoms with Gasteiger partial charge in [0.15, 0.2) is 0 Å². The number of benzene rings is 1. The Kier molecular flexibility index (Phi) is 6.36. The van der Waals surface area contributed by atoms with E-state index in [2.05, 4.69) is 11.9 Å². The highest BCUT2D eigenvalue weighted by Crippen LogP contribution is 2.29. The number of hydrogen-bond donors (Lipinski definition) is 1. The molecule has 1 aromatic carbocycles. The molecule has 3 heteroatoms. The van der Waals surface area contributed by atoms with Crippen LogP contribution in [-0.2, 0) is 0 Å². The first-order valence-corrected chi connectivity index (χ1v) is 6.30. The van der Waals surface area contributed by atoms with Gasteiger partial charge in [0, 0.05) is 6.54 Å². The van der Waals surface area contributed by atoms with Gasteiger partial charge >= 0.3 is 0 Å². The second kappa shape index (κ2) is 7.59. The van der Waals surface area contributed by atoms with E-state index in [1.54, 1.807) is 6.07 Å². The van der Waals surface area contributed by atoms with Gasteiger partial charge in [0.25, 0.3) is 0 Å². The average molecular weight is 258 g/mol. The van der Waals surface area contributed by atoms with E-state index in [-0.39, 0.29) is 0 Å². The highest BCUT2D eigenvalue weighted by molar-refractivity contribution is 6.43. The lowest BCUT2D eigenvalue weighted by Crippen LogP contribution is -2.01. The molecule has 0 saturated heterocycles. The van der Waals surface area contributed by atoms with Crippen LogP contribution in [-0.4, -0.2) is 6.54 Å². The minimum Gasteiger partial charge on any atom is -0.384 e. The van der Waals surface area contributed by atoms with Crippen LogP contribution in [0.2, 0.25) is 10.0 Å². The number of rotatable bonds is 7. The topological polar surface area (TPSA) is 12.0 Å². The van der Waals surface area contributed by atoms with Gasteiger partial charge in [-0.05, 0) is 31.4 Å². The summed E-state index contributed by atoms with van der Waals surface area (Å²) in [6, 6.07) is 5.63. The van der Waals surface area contributed by atoms with Crippen LogP contribution in [0.5, 0.6) is 0 Å². The summed E-state index contributed by atoms with van der Waals surface area (Å²) in [4.78, 5) is 0. The molecule has 0 aliphatic heterocycles. The van der Waals surface area contributed by atoms with E-state index in [1.807, 2.05) is 18.2 Å². The number of hydrogen-bond acceptors (Lipinski definition) is 1. The van der Waals surface area contributed by atoms with Crippen LogP contribution < -0.4 is 5.32 Å². The fraction of sp³-hybridized carbons (Fsp3) is 0.385. The summed E-state index contributed by atoms with van der Waals surface area (Å²) in [5, 5.41) is 4.49. The van der Waals surface area contributed by atoms with Gasteiger partial charge in [-0.2, -0.15) is 0 Å². The molecule has 0 amide bonds. The number of allylic oxidation sites excluding steroid dienone is 1. The van der Waals surface area contributed by atoms with Gasteiger partial charge < -0.3 is 5.32 Å².